The van der Waals surface area contributed by atoms with Crippen molar-refractivity contribution in [3.05, 3.63) is 23.8 Å². The molecule has 0 N–H and O–H groups in total. The second kappa shape index (κ2) is 5.56. The zero-order chi connectivity index (χ0) is 10.4. The predicted octanol–water partition coefficient (Wildman–Crippen LogP) is 3.01. The fraction of sp³-hybridized carbons (Fsp3) is 0.364. The van der Waals surface area contributed by atoms with E-state index in [1.54, 1.807) is 18.9 Å². The average molecular weight is 207 g/mol. The van der Waals surface area contributed by atoms with Crippen molar-refractivity contribution >= 4 is 11.8 Å². The molecule has 1 rings (SSSR count). The van der Waals surface area contributed by atoms with Crippen LogP contribution in [0.4, 0.5) is 0 Å². The maximum atomic E-state index is 8.40. The maximum Gasteiger partial charge on any atom is 0.121 e. The third kappa shape index (κ3) is 2.97. The van der Waals surface area contributed by atoms with Gasteiger partial charge in [0.25, 0.3) is 0 Å². The Morgan fingerprint density at radius 3 is 2.86 bits per heavy atom. The molecule has 0 radical (unpaired) electrons. The minimum absolute atomic E-state index is 0.593. The van der Waals surface area contributed by atoms with Crippen molar-refractivity contribution in [1.29, 1.82) is 5.26 Å². The van der Waals surface area contributed by atoms with Gasteiger partial charge >= 0.3 is 0 Å². The van der Waals surface area contributed by atoms with Gasteiger partial charge in [-0.3, -0.25) is 0 Å². The van der Waals surface area contributed by atoms with Gasteiger partial charge in [0, 0.05) is 17.1 Å². The van der Waals surface area contributed by atoms with Gasteiger partial charge in [-0.05, 0) is 30.7 Å². The molecule has 0 aliphatic carbocycles. The number of methoxy groups -OCH3 is 1. The Labute approximate surface area is 88.9 Å². The molecule has 0 aromatic heterocycles. The van der Waals surface area contributed by atoms with Crippen LogP contribution < -0.4 is 4.74 Å². The molecule has 1 aromatic rings. The number of ether oxygens (including phenoxy) is 1. The molecule has 0 aliphatic rings. The lowest BCUT2D eigenvalue weighted by atomic mass is 10.2. The van der Waals surface area contributed by atoms with E-state index in [1.807, 2.05) is 19.1 Å². The zero-order valence-corrected chi connectivity index (χ0v) is 9.23. The largest absolute Gasteiger partial charge is 0.496 e. The smallest absolute Gasteiger partial charge is 0.121 e. The van der Waals surface area contributed by atoms with Gasteiger partial charge in [-0.2, -0.15) is 5.26 Å². The van der Waals surface area contributed by atoms with Gasteiger partial charge in [0.05, 0.1) is 13.2 Å². The van der Waals surface area contributed by atoms with Crippen LogP contribution in [0.3, 0.4) is 0 Å². The zero-order valence-electron chi connectivity index (χ0n) is 8.41. The number of nitriles is 1. The van der Waals surface area contributed by atoms with E-state index in [1.165, 1.54) is 4.90 Å². The SMILES string of the molecule is COc1ccc(SCCC#N)cc1C. The van der Waals surface area contributed by atoms with Gasteiger partial charge in [0.15, 0.2) is 0 Å². The van der Waals surface area contributed by atoms with E-state index in [2.05, 4.69) is 12.1 Å². The lowest BCUT2D eigenvalue weighted by Crippen LogP contribution is -1.87. The molecular formula is C11H13NOS. The first-order valence-corrected chi connectivity index (χ1v) is 5.41. The van der Waals surface area contributed by atoms with Crippen molar-refractivity contribution in [2.45, 2.75) is 18.2 Å². The van der Waals surface area contributed by atoms with Crippen LogP contribution in [0.25, 0.3) is 0 Å². The second-order valence-electron chi connectivity index (χ2n) is 2.89. The Morgan fingerprint density at radius 1 is 1.50 bits per heavy atom. The molecule has 0 amide bonds. The summed E-state index contributed by atoms with van der Waals surface area (Å²) in [5.41, 5.74) is 1.13. The molecule has 0 unspecified atom stereocenters. The highest BCUT2D eigenvalue weighted by atomic mass is 32.2. The summed E-state index contributed by atoms with van der Waals surface area (Å²) in [4.78, 5) is 1.19. The topological polar surface area (TPSA) is 33.0 Å². The van der Waals surface area contributed by atoms with Crippen LogP contribution in [-0.2, 0) is 0 Å². The van der Waals surface area contributed by atoms with Gasteiger partial charge in [-0.15, -0.1) is 11.8 Å². The molecule has 74 valence electrons. The van der Waals surface area contributed by atoms with Crippen molar-refractivity contribution in [2.24, 2.45) is 0 Å². The highest BCUT2D eigenvalue weighted by molar-refractivity contribution is 7.99. The normalized spacial score (nSPS) is 9.50. The summed E-state index contributed by atoms with van der Waals surface area (Å²) in [7, 11) is 1.67. The quantitative estimate of drug-likeness (QED) is 0.562. The molecule has 0 fully saturated rings. The highest BCUT2D eigenvalue weighted by Gasteiger charge is 1.99. The Balaban J connectivity index is 2.63. The van der Waals surface area contributed by atoms with Crippen LogP contribution in [0.5, 0.6) is 5.75 Å². The van der Waals surface area contributed by atoms with Crippen molar-refractivity contribution in [3.63, 3.8) is 0 Å². The van der Waals surface area contributed by atoms with Crippen molar-refractivity contribution in [2.75, 3.05) is 12.9 Å². The molecule has 3 heteroatoms. The molecule has 0 saturated carbocycles. The lowest BCUT2D eigenvalue weighted by Gasteiger charge is -2.06. The summed E-state index contributed by atoms with van der Waals surface area (Å²) >= 11 is 1.70. The Bertz CT molecular complexity index is 344. The third-order valence-electron chi connectivity index (χ3n) is 1.85. The summed E-state index contributed by atoms with van der Waals surface area (Å²) in [6.07, 6.45) is 0.593. The van der Waals surface area contributed by atoms with E-state index in [0.717, 1.165) is 17.1 Å². The van der Waals surface area contributed by atoms with E-state index in [0.29, 0.717) is 6.42 Å². The number of thioether (sulfide) groups is 1. The fourth-order valence-corrected chi connectivity index (χ4v) is 2.01. The minimum atomic E-state index is 0.593. The second-order valence-corrected chi connectivity index (χ2v) is 4.06. The molecule has 0 atom stereocenters. The lowest BCUT2D eigenvalue weighted by molar-refractivity contribution is 0.411. The molecule has 1 aromatic carbocycles. The van der Waals surface area contributed by atoms with Crippen LogP contribution in [0, 0.1) is 18.3 Å². The first-order chi connectivity index (χ1) is 6.77. The van der Waals surface area contributed by atoms with Gasteiger partial charge in [-0.25, -0.2) is 0 Å². The number of hydrogen-bond donors (Lipinski definition) is 0. The first kappa shape index (κ1) is 10.9. The molecule has 0 aliphatic heterocycles. The number of hydrogen-bond acceptors (Lipinski definition) is 3. The van der Waals surface area contributed by atoms with Gasteiger partial charge in [0.2, 0.25) is 0 Å². The van der Waals surface area contributed by atoms with Crippen LogP contribution in [-0.4, -0.2) is 12.9 Å². The van der Waals surface area contributed by atoms with Crippen molar-refractivity contribution in [1.82, 2.24) is 0 Å². The average Bonchev–Trinajstić information content (AvgIpc) is 2.18. The molecule has 0 heterocycles. The highest BCUT2D eigenvalue weighted by Crippen LogP contribution is 2.25. The molecule has 0 spiro atoms. The van der Waals surface area contributed by atoms with E-state index >= 15 is 0 Å². The van der Waals surface area contributed by atoms with E-state index in [-0.39, 0.29) is 0 Å². The standard InChI is InChI=1S/C11H13NOS/c1-9-8-10(14-7-3-6-12)4-5-11(9)13-2/h4-5,8H,3,7H2,1-2H3. The summed E-state index contributed by atoms with van der Waals surface area (Å²) in [6.45, 7) is 2.02. The summed E-state index contributed by atoms with van der Waals surface area (Å²) in [5.74, 6) is 1.76. The maximum absolute atomic E-state index is 8.40. The number of benzene rings is 1. The molecule has 0 bridgehead atoms. The Morgan fingerprint density at radius 2 is 2.29 bits per heavy atom. The van der Waals surface area contributed by atoms with Gasteiger partial charge in [-0.1, -0.05) is 0 Å². The molecule has 14 heavy (non-hydrogen) atoms. The third-order valence-corrected chi connectivity index (χ3v) is 2.84. The fourth-order valence-electron chi connectivity index (χ4n) is 1.16. The van der Waals surface area contributed by atoms with Crippen LogP contribution in [0.2, 0.25) is 0 Å². The summed E-state index contributed by atoms with van der Waals surface area (Å²) in [6, 6.07) is 8.20. The molecule has 2 nitrogen and oxygen atoms in total. The Kier molecular flexibility index (Phi) is 4.34. The van der Waals surface area contributed by atoms with Crippen molar-refractivity contribution in [3.8, 4) is 11.8 Å². The van der Waals surface area contributed by atoms with Gasteiger partial charge in [0.1, 0.15) is 5.75 Å². The monoisotopic (exact) mass is 207 g/mol. The first-order valence-electron chi connectivity index (χ1n) is 4.42. The minimum Gasteiger partial charge on any atom is -0.496 e. The van der Waals surface area contributed by atoms with Crippen LogP contribution in [0.1, 0.15) is 12.0 Å². The Hall–Kier alpha value is -1.14. The van der Waals surface area contributed by atoms with E-state index < -0.39 is 0 Å². The summed E-state index contributed by atoms with van der Waals surface area (Å²) in [5, 5.41) is 8.40. The van der Waals surface area contributed by atoms with Crippen LogP contribution in [0.15, 0.2) is 23.1 Å². The number of aryl methyl sites for hydroxylation is 1. The predicted molar refractivity (Wildman–Crippen MR) is 58.7 cm³/mol. The van der Waals surface area contributed by atoms with Crippen molar-refractivity contribution < 1.29 is 4.74 Å². The number of rotatable bonds is 4. The molecular weight excluding hydrogens is 194 g/mol. The van der Waals surface area contributed by atoms with Gasteiger partial charge < -0.3 is 4.74 Å². The van der Waals surface area contributed by atoms with E-state index in [9.17, 15) is 0 Å². The van der Waals surface area contributed by atoms with Crippen LogP contribution >= 0.6 is 11.8 Å². The van der Waals surface area contributed by atoms with E-state index in [4.69, 9.17) is 10.00 Å². The molecule has 0 saturated heterocycles. The summed E-state index contributed by atoms with van der Waals surface area (Å²) < 4.78 is 5.16. The number of nitrogens with zero attached hydrogens (tertiary/aromatic N) is 1.